The second-order valence-electron chi connectivity index (χ2n) is 10.4. The third kappa shape index (κ3) is 8.18. The van der Waals surface area contributed by atoms with Crippen molar-refractivity contribution in [2.45, 2.75) is 83.5 Å². The number of carbonyl (C=O) groups excluding carboxylic acids is 2. The summed E-state index contributed by atoms with van der Waals surface area (Å²) in [4.78, 5) is 28.2. The average molecular weight is 613 g/mol. The Kier molecular flexibility index (Phi) is 11.5. The van der Waals surface area contributed by atoms with Crippen LogP contribution >= 0.6 is 22.6 Å². The number of benzene rings is 1. The van der Waals surface area contributed by atoms with Gasteiger partial charge >= 0.3 is 0 Å². The van der Waals surface area contributed by atoms with Gasteiger partial charge in [-0.05, 0) is 65.5 Å². The lowest BCUT2D eigenvalue weighted by Crippen LogP contribution is -2.55. The van der Waals surface area contributed by atoms with Crippen LogP contribution in [0.3, 0.4) is 0 Å². The third-order valence-electron chi connectivity index (χ3n) is 7.22. The Morgan fingerprint density at radius 1 is 1.22 bits per heavy atom. The van der Waals surface area contributed by atoms with E-state index in [-0.39, 0.29) is 31.4 Å². The molecule has 0 aromatic heterocycles. The van der Waals surface area contributed by atoms with Crippen LogP contribution in [-0.2, 0) is 9.59 Å². The number of amides is 2. The number of halogens is 1. The molecule has 2 aliphatic rings. The first-order chi connectivity index (χ1) is 17.3. The smallest absolute Gasteiger partial charge is 0.247 e. The molecule has 36 heavy (non-hydrogen) atoms. The molecule has 0 saturated heterocycles. The summed E-state index contributed by atoms with van der Waals surface area (Å²) < 4.78 is 7.11. The number of para-hydroxylation sites is 1. The highest BCUT2D eigenvalue weighted by Crippen LogP contribution is 2.32. The second kappa shape index (κ2) is 14.3. The zero-order valence-electron chi connectivity index (χ0n) is 21.5. The first kappa shape index (κ1) is 28.9. The minimum Gasteiger partial charge on any atom is -0.482 e. The third-order valence-corrected chi connectivity index (χ3v) is 8.11. The first-order valence-corrected chi connectivity index (χ1v) is 14.4. The van der Waals surface area contributed by atoms with Crippen molar-refractivity contribution in [1.82, 2.24) is 10.2 Å². The summed E-state index contributed by atoms with van der Waals surface area (Å²) >= 11 is 2.18. The minimum absolute atomic E-state index is 0.0386. The van der Waals surface area contributed by atoms with Gasteiger partial charge in [0.15, 0.2) is 0 Å². The lowest BCUT2D eigenvalue weighted by atomic mass is 9.87. The fourth-order valence-corrected chi connectivity index (χ4v) is 5.62. The number of nitrogens with zero attached hydrogens (tertiary/aromatic N) is 1. The monoisotopic (exact) mass is 612 g/mol. The summed E-state index contributed by atoms with van der Waals surface area (Å²) in [5.41, 5.74) is 0.466. The van der Waals surface area contributed by atoms with Gasteiger partial charge in [0.25, 0.3) is 0 Å². The SMILES string of the molecule is CC(C)CCN(C(=O)CCC1CCCC1)C1CC(C(=O)NCCO)=CC(Oc2ccccc2I)C1O. The minimum atomic E-state index is -0.974. The van der Waals surface area contributed by atoms with Gasteiger partial charge in [0, 0.05) is 31.5 Å². The molecule has 3 atom stereocenters. The topological polar surface area (TPSA) is 99.1 Å². The number of carbonyl (C=O) groups is 2. The van der Waals surface area contributed by atoms with Crippen molar-refractivity contribution in [3.8, 4) is 5.75 Å². The molecule has 2 aliphatic carbocycles. The fraction of sp³-hybridized carbons (Fsp3) is 0.643. The molecule has 0 spiro atoms. The normalized spacial score (nSPS) is 22.4. The van der Waals surface area contributed by atoms with E-state index in [1.54, 1.807) is 11.0 Å². The van der Waals surface area contributed by atoms with Crippen LogP contribution < -0.4 is 10.1 Å². The number of aliphatic hydroxyl groups excluding tert-OH is 2. The molecule has 1 aromatic carbocycles. The fourth-order valence-electron chi connectivity index (χ4n) is 5.11. The summed E-state index contributed by atoms with van der Waals surface area (Å²) in [6.07, 6.45) is 7.18. The highest BCUT2D eigenvalue weighted by Gasteiger charge is 2.40. The van der Waals surface area contributed by atoms with Crippen molar-refractivity contribution < 1.29 is 24.5 Å². The van der Waals surface area contributed by atoms with Crippen LogP contribution in [0.5, 0.6) is 5.75 Å². The number of hydrogen-bond acceptors (Lipinski definition) is 5. The van der Waals surface area contributed by atoms with Crippen molar-refractivity contribution in [2.24, 2.45) is 11.8 Å². The Morgan fingerprint density at radius 2 is 1.94 bits per heavy atom. The standard InChI is InChI=1S/C28H41IN2O5/c1-19(2)13-15-31(26(33)12-11-20-7-3-4-8-20)23-17-21(28(35)30-14-16-32)18-25(27(23)34)36-24-10-6-5-9-22(24)29/h5-6,9-10,18-20,23,25,27,32,34H,3-4,7-8,11-17H2,1-2H3,(H,30,35). The molecule has 200 valence electrons. The Hall–Kier alpha value is -1.65. The molecule has 0 aliphatic heterocycles. The Bertz CT molecular complexity index is 900. The summed E-state index contributed by atoms with van der Waals surface area (Å²) in [6.45, 7) is 4.76. The van der Waals surface area contributed by atoms with Gasteiger partial charge in [0.1, 0.15) is 18.0 Å². The first-order valence-electron chi connectivity index (χ1n) is 13.3. The number of hydrogen-bond donors (Lipinski definition) is 3. The van der Waals surface area contributed by atoms with E-state index in [4.69, 9.17) is 9.84 Å². The highest BCUT2D eigenvalue weighted by molar-refractivity contribution is 14.1. The predicted octanol–water partition coefficient (Wildman–Crippen LogP) is 4.05. The highest BCUT2D eigenvalue weighted by atomic mass is 127. The molecule has 3 unspecified atom stereocenters. The van der Waals surface area contributed by atoms with E-state index in [1.165, 1.54) is 25.7 Å². The molecule has 1 fully saturated rings. The van der Waals surface area contributed by atoms with Crippen LogP contribution in [0.2, 0.25) is 0 Å². The van der Waals surface area contributed by atoms with Crippen LogP contribution in [0.25, 0.3) is 0 Å². The van der Waals surface area contributed by atoms with Gasteiger partial charge in [-0.2, -0.15) is 0 Å². The summed E-state index contributed by atoms with van der Waals surface area (Å²) in [5, 5.41) is 23.4. The van der Waals surface area contributed by atoms with E-state index in [2.05, 4.69) is 41.8 Å². The molecular weight excluding hydrogens is 571 g/mol. The maximum Gasteiger partial charge on any atom is 0.247 e. The molecule has 1 aromatic rings. The molecule has 3 N–H and O–H groups in total. The van der Waals surface area contributed by atoms with Gasteiger partial charge in [0.2, 0.25) is 11.8 Å². The van der Waals surface area contributed by atoms with Crippen LogP contribution in [-0.4, -0.2) is 64.9 Å². The van der Waals surface area contributed by atoms with Gasteiger partial charge in [-0.1, -0.05) is 51.7 Å². The second-order valence-corrected chi connectivity index (χ2v) is 11.6. The van der Waals surface area contributed by atoms with Crippen molar-refractivity contribution in [3.63, 3.8) is 0 Å². The van der Waals surface area contributed by atoms with Crippen LogP contribution in [0.1, 0.15) is 65.2 Å². The Morgan fingerprint density at radius 3 is 2.61 bits per heavy atom. The number of nitrogens with one attached hydrogen (secondary N) is 1. The van der Waals surface area contributed by atoms with Gasteiger partial charge in [-0.3, -0.25) is 9.59 Å². The molecule has 0 bridgehead atoms. The van der Waals surface area contributed by atoms with Crippen molar-refractivity contribution >= 4 is 34.4 Å². The van der Waals surface area contributed by atoms with E-state index < -0.39 is 18.2 Å². The molecule has 0 heterocycles. The van der Waals surface area contributed by atoms with Gasteiger partial charge in [-0.15, -0.1) is 0 Å². The Labute approximate surface area is 228 Å². The quantitative estimate of drug-likeness (QED) is 0.310. The van der Waals surface area contributed by atoms with E-state index in [1.807, 2.05) is 24.3 Å². The average Bonchev–Trinajstić information content (AvgIpc) is 3.38. The van der Waals surface area contributed by atoms with E-state index in [0.29, 0.717) is 36.1 Å². The zero-order chi connectivity index (χ0) is 26.1. The van der Waals surface area contributed by atoms with E-state index in [0.717, 1.165) is 16.4 Å². The number of rotatable bonds is 12. The lowest BCUT2D eigenvalue weighted by Gasteiger charge is -2.41. The van der Waals surface area contributed by atoms with Gasteiger partial charge in [0.05, 0.1) is 16.2 Å². The van der Waals surface area contributed by atoms with E-state index >= 15 is 0 Å². The molecule has 0 radical (unpaired) electrons. The number of ether oxygens (including phenoxy) is 1. The molecule has 3 rings (SSSR count). The molecule has 1 saturated carbocycles. The molecular formula is C28H41IN2O5. The Balaban J connectivity index is 1.85. The lowest BCUT2D eigenvalue weighted by molar-refractivity contribution is -0.139. The molecule has 8 heteroatoms. The molecule has 2 amide bonds. The summed E-state index contributed by atoms with van der Waals surface area (Å²) in [5.74, 6) is 1.36. The largest absolute Gasteiger partial charge is 0.482 e. The van der Waals surface area contributed by atoms with E-state index in [9.17, 15) is 14.7 Å². The van der Waals surface area contributed by atoms with Crippen LogP contribution in [0.4, 0.5) is 0 Å². The molecule has 7 nitrogen and oxygen atoms in total. The van der Waals surface area contributed by atoms with Gasteiger partial charge < -0.3 is 25.2 Å². The maximum absolute atomic E-state index is 13.5. The van der Waals surface area contributed by atoms with Crippen molar-refractivity contribution in [2.75, 3.05) is 19.7 Å². The maximum atomic E-state index is 13.5. The van der Waals surface area contributed by atoms with Crippen molar-refractivity contribution in [1.29, 1.82) is 0 Å². The van der Waals surface area contributed by atoms with Crippen LogP contribution in [0.15, 0.2) is 35.9 Å². The predicted molar refractivity (Wildman–Crippen MR) is 149 cm³/mol. The van der Waals surface area contributed by atoms with Gasteiger partial charge in [-0.25, -0.2) is 0 Å². The van der Waals surface area contributed by atoms with Crippen molar-refractivity contribution in [3.05, 3.63) is 39.5 Å². The summed E-state index contributed by atoms with van der Waals surface area (Å²) in [6, 6.07) is 6.97. The van der Waals surface area contributed by atoms with Crippen LogP contribution in [0, 0.1) is 15.4 Å². The zero-order valence-corrected chi connectivity index (χ0v) is 23.7. The summed E-state index contributed by atoms with van der Waals surface area (Å²) in [7, 11) is 0. The number of aliphatic hydroxyl groups is 2.